The molecule has 0 bridgehead atoms. The molecule has 2 aromatic rings. The first-order chi connectivity index (χ1) is 11.7. The van der Waals surface area contributed by atoms with Crippen LogP contribution in [0.1, 0.15) is 30.1 Å². The van der Waals surface area contributed by atoms with Crippen LogP contribution in [0.2, 0.25) is 0 Å². The van der Waals surface area contributed by atoms with E-state index < -0.39 is 0 Å². The summed E-state index contributed by atoms with van der Waals surface area (Å²) in [4.78, 5) is 23.1. The van der Waals surface area contributed by atoms with Crippen LogP contribution in [-0.4, -0.2) is 49.7 Å². The normalized spacial score (nSPS) is 25.7. The van der Waals surface area contributed by atoms with Gasteiger partial charge >= 0.3 is 0 Å². The lowest BCUT2D eigenvalue weighted by atomic mass is 9.98. The molecule has 7 heteroatoms. The zero-order valence-corrected chi connectivity index (χ0v) is 13.8. The lowest BCUT2D eigenvalue weighted by Crippen LogP contribution is -2.33. The number of aromatic nitrogens is 4. The number of nitrogens with one attached hydrogen (secondary N) is 1. The van der Waals surface area contributed by atoms with E-state index in [1.807, 2.05) is 18.0 Å². The number of fused-ring (bicyclic) bond motifs is 1. The number of anilines is 1. The number of nitrogens with zero attached hydrogens (tertiary/aromatic N) is 5. The zero-order chi connectivity index (χ0) is 16.5. The minimum absolute atomic E-state index is 0.0994. The second kappa shape index (κ2) is 6.22. The number of hydrogen-bond donors (Lipinski definition) is 1. The quantitative estimate of drug-likeness (QED) is 0.925. The molecule has 1 saturated heterocycles. The molecule has 2 aliphatic rings. The summed E-state index contributed by atoms with van der Waals surface area (Å²) in [7, 11) is 0. The fraction of sp³-hybridized carbons (Fsp3) is 0.529. The van der Waals surface area contributed by atoms with Crippen LogP contribution in [0.4, 0.5) is 5.82 Å². The molecule has 0 aromatic carbocycles. The van der Waals surface area contributed by atoms with Crippen LogP contribution >= 0.6 is 0 Å². The molecule has 3 atom stereocenters. The van der Waals surface area contributed by atoms with Crippen LogP contribution in [0, 0.1) is 11.8 Å². The highest BCUT2D eigenvalue weighted by Crippen LogP contribution is 2.39. The fourth-order valence-corrected chi connectivity index (χ4v) is 4.00. The topological polar surface area (TPSA) is 75.9 Å². The summed E-state index contributed by atoms with van der Waals surface area (Å²) in [5.74, 6) is 1.97. The van der Waals surface area contributed by atoms with Crippen molar-refractivity contribution in [3.63, 3.8) is 0 Å². The number of rotatable bonds is 4. The first-order valence-electron chi connectivity index (χ1n) is 8.59. The Morgan fingerprint density at radius 2 is 2.21 bits per heavy atom. The molecule has 1 N–H and O–H groups in total. The van der Waals surface area contributed by atoms with Gasteiger partial charge in [0.1, 0.15) is 5.82 Å². The average molecular weight is 326 g/mol. The van der Waals surface area contributed by atoms with Gasteiger partial charge < -0.3 is 10.2 Å². The van der Waals surface area contributed by atoms with E-state index in [2.05, 4.69) is 20.4 Å². The number of aryl methyl sites for hydroxylation is 1. The van der Waals surface area contributed by atoms with Crippen molar-refractivity contribution in [1.82, 2.24) is 24.6 Å². The zero-order valence-electron chi connectivity index (χ0n) is 13.8. The van der Waals surface area contributed by atoms with Crippen molar-refractivity contribution in [2.24, 2.45) is 11.8 Å². The molecule has 0 spiro atoms. The summed E-state index contributed by atoms with van der Waals surface area (Å²) in [6.07, 6.45) is 10.9. The lowest BCUT2D eigenvalue weighted by molar-refractivity contribution is 0.0780. The van der Waals surface area contributed by atoms with Crippen molar-refractivity contribution in [2.75, 3.05) is 18.4 Å². The van der Waals surface area contributed by atoms with Gasteiger partial charge in [0, 0.05) is 50.2 Å². The first kappa shape index (κ1) is 15.1. The lowest BCUT2D eigenvalue weighted by Gasteiger charge is -2.21. The molecular formula is C17H22N6O. The van der Waals surface area contributed by atoms with Crippen molar-refractivity contribution in [1.29, 1.82) is 0 Å². The van der Waals surface area contributed by atoms with E-state index in [0.29, 0.717) is 23.4 Å². The van der Waals surface area contributed by atoms with E-state index in [4.69, 9.17) is 0 Å². The van der Waals surface area contributed by atoms with Gasteiger partial charge in [0.25, 0.3) is 5.91 Å². The van der Waals surface area contributed by atoms with Crippen LogP contribution < -0.4 is 5.32 Å². The molecule has 3 heterocycles. The highest BCUT2D eigenvalue weighted by Gasteiger charge is 2.44. The van der Waals surface area contributed by atoms with Crippen LogP contribution in [-0.2, 0) is 6.54 Å². The summed E-state index contributed by atoms with van der Waals surface area (Å²) in [6, 6.07) is 0.364. The second-order valence-corrected chi connectivity index (χ2v) is 6.64. The minimum Gasteiger partial charge on any atom is -0.366 e. The molecular weight excluding hydrogens is 304 g/mol. The van der Waals surface area contributed by atoms with Crippen molar-refractivity contribution >= 4 is 11.7 Å². The van der Waals surface area contributed by atoms with Gasteiger partial charge in [0.15, 0.2) is 0 Å². The number of carbonyl (C=O) groups excluding carboxylic acids is 1. The molecule has 2 fully saturated rings. The number of amides is 1. The first-order valence-corrected chi connectivity index (χ1v) is 8.59. The molecule has 0 unspecified atom stereocenters. The molecule has 4 rings (SSSR count). The van der Waals surface area contributed by atoms with Crippen molar-refractivity contribution < 1.29 is 4.79 Å². The van der Waals surface area contributed by atoms with Gasteiger partial charge in [-0.25, -0.2) is 4.98 Å². The van der Waals surface area contributed by atoms with Gasteiger partial charge in [-0.1, -0.05) is 0 Å². The molecule has 1 saturated carbocycles. The van der Waals surface area contributed by atoms with Crippen molar-refractivity contribution in [3.05, 3.63) is 36.5 Å². The number of carbonyl (C=O) groups is 1. The third-order valence-corrected chi connectivity index (χ3v) is 5.24. The molecule has 1 aliphatic heterocycles. The monoisotopic (exact) mass is 326 g/mol. The average Bonchev–Trinajstić information content (AvgIpc) is 3.32. The summed E-state index contributed by atoms with van der Waals surface area (Å²) in [6.45, 7) is 4.45. The third-order valence-electron chi connectivity index (χ3n) is 5.24. The molecule has 0 radical (unpaired) electrons. The SMILES string of the molecule is CCn1cc(C(=O)N2C[C@@H]3CC[C@@H](Nc4cnccn4)[C@@H]3C2)cn1. The third kappa shape index (κ3) is 2.74. The maximum Gasteiger partial charge on any atom is 0.257 e. The molecule has 2 aromatic heterocycles. The fourth-order valence-electron chi connectivity index (χ4n) is 4.00. The molecule has 7 nitrogen and oxygen atoms in total. The largest absolute Gasteiger partial charge is 0.366 e. The predicted molar refractivity (Wildman–Crippen MR) is 89.5 cm³/mol. The highest BCUT2D eigenvalue weighted by atomic mass is 16.2. The molecule has 126 valence electrons. The van der Waals surface area contributed by atoms with Crippen LogP contribution in [0.15, 0.2) is 31.0 Å². The van der Waals surface area contributed by atoms with Gasteiger partial charge in [0.05, 0.1) is 18.0 Å². The Morgan fingerprint density at radius 1 is 1.29 bits per heavy atom. The van der Waals surface area contributed by atoms with E-state index in [-0.39, 0.29) is 5.91 Å². The van der Waals surface area contributed by atoms with Crippen molar-refractivity contribution in [2.45, 2.75) is 32.4 Å². The maximum absolute atomic E-state index is 12.7. The smallest absolute Gasteiger partial charge is 0.257 e. The number of hydrogen-bond acceptors (Lipinski definition) is 5. The molecule has 1 amide bonds. The van der Waals surface area contributed by atoms with E-state index in [1.54, 1.807) is 29.5 Å². The standard InChI is InChI=1S/C17H22N6O/c1-2-23-10-13(7-20-23)17(24)22-9-12-3-4-15(14(12)11-22)21-16-8-18-5-6-19-16/h5-8,10,12,14-15H,2-4,9,11H2,1H3,(H,19,21)/t12-,14+,15+/m0/s1. The Kier molecular flexibility index (Phi) is 3.92. The Hall–Kier alpha value is -2.44. The van der Waals surface area contributed by atoms with Gasteiger partial charge in [-0.05, 0) is 25.7 Å². The van der Waals surface area contributed by atoms with E-state index in [1.165, 1.54) is 0 Å². The van der Waals surface area contributed by atoms with Crippen LogP contribution in [0.25, 0.3) is 0 Å². The van der Waals surface area contributed by atoms with Gasteiger partial charge in [-0.15, -0.1) is 0 Å². The molecule has 24 heavy (non-hydrogen) atoms. The van der Waals surface area contributed by atoms with E-state index >= 15 is 0 Å². The Morgan fingerprint density at radius 3 is 2.96 bits per heavy atom. The minimum atomic E-state index is 0.0994. The second-order valence-electron chi connectivity index (χ2n) is 6.64. The Labute approximate surface area is 141 Å². The summed E-state index contributed by atoms with van der Waals surface area (Å²) in [5, 5.41) is 7.71. The van der Waals surface area contributed by atoms with Gasteiger partial charge in [0.2, 0.25) is 0 Å². The van der Waals surface area contributed by atoms with E-state index in [9.17, 15) is 4.79 Å². The molecule has 1 aliphatic carbocycles. The summed E-state index contributed by atoms with van der Waals surface area (Å²) in [5.41, 5.74) is 0.690. The van der Waals surface area contributed by atoms with Crippen molar-refractivity contribution in [3.8, 4) is 0 Å². The van der Waals surface area contributed by atoms with Crippen LogP contribution in [0.3, 0.4) is 0 Å². The van der Waals surface area contributed by atoms with Gasteiger partial charge in [-0.3, -0.25) is 14.5 Å². The predicted octanol–water partition coefficient (Wildman–Crippen LogP) is 1.66. The maximum atomic E-state index is 12.7. The number of likely N-dealkylation sites (tertiary alicyclic amines) is 1. The van der Waals surface area contributed by atoms with Crippen LogP contribution in [0.5, 0.6) is 0 Å². The summed E-state index contributed by atoms with van der Waals surface area (Å²) < 4.78 is 1.79. The van der Waals surface area contributed by atoms with Gasteiger partial charge in [-0.2, -0.15) is 5.10 Å². The Balaban J connectivity index is 1.43. The summed E-state index contributed by atoms with van der Waals surface area (Å²) >= 11 is 0. The van der Waals surface area contributed by atoms with E-state index in [0.717, 1.165) is 38.3 Å². The Bertz CT molecular complexity index is 715. The highest BCUT2D eigenvalue weighted by molar-refractivity contribution is 5.94.